The highest BCUT2D eigenvalue weighted by Gasteiger charge is 2.38. The fourth-order valence-corrected chi connectivity index (χ4v) is 1.91. The maximum absolute atomic E-state index is 12.1. The molecule has 0 aliphatic heterocycles. The van der Waals surface area contributed by atoms with E-state index in [4.69, 9.17) is 0 Å². The predicted octanol–water partition coefficient (Wildman–Crippen LogP) is 0.862. The summed E-state index contributed by atoms with van der Waals surface area (Å²) in [6.45, 7) is 5.64. The lowest BCUT2D eigenvalue weighted by molar-refractivity contribution is -0.154. The van der Waals surface area contributed by atoms with Crippen LogP contribution in [0.2, 0.25) is 0 Å². The van der Waals surface area contributed by atoms with Crippen LogP contribution in [0.15, 0.2) is 0 Å². The minimum absolute atomic E-state index is 0.0328. The zero-order chi connectivity index (χ0) is 15.1. The van der Waals surface area contributed by atoms with Crippen molar-refractivity contribution < 1.29 is 19.5 Å². The number of nitrogens with one attached hydrogen (secondary N) is 1. The molecule has 0 aliphatic carbocycles. The molecule has 6 heteroatoms. The molecule has 0 saturated carbocycles. The van der Waals surface area contributed by atoms with Crippen LogP contribution < -0.4 is 5.32 Å². The van der Waals surface area contributed by atoms with E-state index in [9.17, 15) is 19.5 Å². The Kier molecular flexibility index (Phi) is 7.11. The Morgan fingerprint density at radius 1 is 1.16 bits per heavy atom. The second kappa shape index (κ2) is 7.76. The van der Waals surface area contributed by atoms with Crippen LogP contribution in [0, 0.1) is 5.41 Å². The summed E-state index contributed by atoms with van der Waals surface area (Å²) < 4.78 is 0. The summed E-state index contributed by atoms with van der Waals surface area (Å²) in [5, 5.41) is 11.8. The molecule has 0 aromatic rings. The number of carboxylic acids is 1. The number of likely N-dealkylation sites (N-methyl/N-ethyl adjacent to an activating group) is 2. The third kappa shape index (κ3) is 4.54. The van der Waals surface area contributed by atoms with E-state index in [1.54, 1.807) is 20.8 Å². The lowest BCUT2D eigenvalue weighted by Crippen LogP contribution is -2.43. The number of nitrogens with zero attached hydrogens (tertiary/aromatic N) is 1. The van der Waals surface area contributed by atoms with Crippen molar-refractivity contribution in [1.29, 1.82) is 0 Å². The summed E-state index contributed by atoms with van der Waals surface area (Å²) in [6, 6.07) is 0. The van der Waals surface area contributed by atoms with Crippen molar-refractivity contribution >= 4 is 17.8 Å². The summed E-state index contributed by atoms with van der Waals surface area (Å²) in [5.41, 5.74) is -1.03. The molecular weight excluding hydrogens is 248 g/mol. The third-order valence-electron chi connectivity index (χ3n) is 3.64. The van der Waals surface area contributed by atoms with E-state index in [-0.39, 0.29) is 24.8 Å². The topological polar surface area (TPSA) is 86.7 Å². The Labute approximate surface area is 114 Å². The fourth-order valence-electron chi connectivity index (χ4n) is 1.91. The van der Waals surface area contributed by atoms with Crippen molar-refractivity contribution in [3.63, 3.8) is 0 Å². The van der Waals surface area contributed by atoms with Crippen molar-refractivity contribution in [1.82, 2.24) is 10.2 Å². The summed E-state index contributed by atoms with van der Waals surface area (Å²) in [7, 11) is 1.50. The lowest BCUT2D eigenvalue weighted by Gasteiger charge is -2.29. The third-order valence-corrected chi connectivity index (χ3v) is 3.64. The zero-order valence-electron chi connectivity index (χ0n) is 12.2. The number of amides is 2. The average molecular weight is 272 g/mol. The first-order chi connectivity index (χ1) is 8.86. The quantitative estimate of drug-likeness (QED) is 0.686. The molecule has 0 fully saturated rings. The van der Waals surface area contributed by atoms with Crippen LogP contribution in [0.5, 0.6) is 0 Å². The van der Waals surface area contributed by atoms with Crippen molar-refractivity contribution in [2.24, 2.45) is 5.41 Å². The molecule has 0 bridgehead atoms. The average Bonchev–Trinajstić information content (AvgIpc) is 2.41. The Balaban J connectivity index is 4.88. The van der Waals surface area contributed by atoms with Crippen LogP contribution in [-0.2, 0) is 14.4 Å². The van der Waals surface area contributed by atoms with Crippen molar-refractivity contribution in [3.05, 3.63) is 0 Å². The normalized spacial score (nSPS) is 10.9. The van der Waals surface area contributed by atoms with E-state index in [1.807, 2.05) is 0 Å². The van der Waals surface area contributed by atoms with E-state index in [0.29, 0.717) is 19.4 Å². The van der Waals surface area contributed by atoms with Gasteiger partial charge in [0.2, 0.25) is 11.8 Å². The van der Waals surface area contributed by atoms with E-state index in [1.165, 1.54) is 11.9 Å². The molecule has 2 N–H and O–H groups in total. The molecule has 6 nitrogen and oxygen atoms in total. The first-order valence-electron chi connectivity index (χ1n) is 6.58. The molecular formula is C13H24N2O4. The van der Waals surface area contributed by atoms with Crippen LogP contribution in [0.1, 0.15) is 40.0 Å². The van der Waals surface area contributed by atoms with Gasteiger partial charge in [0.15, 0.2) is 0 Å². The highest BCUT2D eigenvalue weighted by Crippen LogP contribution is 2.31. The maximum atomic E-state index is 12.1. The van der Waals surface area contributed by atoms with Gasteiger partial charge in [-0.2, -0.15) is 0 Å². The molecule has 0 aromatic heterocycles. The van der Waals surface area contributed by atoms with Gasteiger partial charge in [0.1, 0.15) is 0 Å². The van der Waals surface area contributed by atoms with Gasteiger partial charge in [-0.3, -0.25) is 14.4 Å². The number of rotatable bonds is 8. The van der Waals surface area contributed by atoms with Crippen LogP contribution in [0.25, 0.3) is 0 Å². The minimum Gasteiger partial charge on any atom is -0.481 e. The van der Waals surface area contributed by atoms with Crippen molar-refractivity contribution in [3.8, 4) is 0 Å². The smallest absolute Gasteiger partial charge is 0.310 e. The Morgan fingerprint density at radius 2 is 1.68 bits per heavy atom. The highest BCUT2D eigenvalue weighted by molar-refractivity contribution is 5.88. The fraction of sp³-hybridized carbons (Fsp3) is 0.769. The predicted molar refractivity (Wildman–Crippen MR) is 71.6 cm³/mol. The summed E-state index contributed by atoms with van der Waals surface area (Å²) in [5.74, 6) is -1.51. The summed E-state index contributed by atoms with van der Waals surface area (Å²) >= 11 is 0. The number of aliphatic carboxylic acids is 1. The second-order valence-corrected chi connectivity index (χ2v) is 4.55. The first-order valence-corrected chi connectivity index (χ1v) is 6.58. The van der Waals surface area contributed by atoms with Crippen LogP contribution >= 0.6 is 0 Å². The summed E-state index contributed by atoms with van der Waals surface area (Å²) in [4.78, 5) is 36.2. The van der Waals surface area contributed by atoms with E-state index in [0.717, 1.165) is 0 Å². The van der Waals surface area contributed by atoms with Gasteiger partial charge in [-0.1, -0.05) is 13.8 Å². The molecule has 0 spiro atoms. The lowest BCUT2D eigenvalue weighted by atomic mass is 9.79. The molecule has 0 radical (unpaired) electrons. The number of hydrogen-bond donors (Lipinski definition) is 2. The van der Waals surface area contributed by atoms with Gasteiger partial charge < -0.3 is 15.3 Å². The maximum Gasteiger partial charge on any atom is 0.310 e. The molecule has 0 atom stereocenters. The van der Waals surface area contributed by atoms with Crippen LogP contribution in [-0.4, -0.2) is 47.9 Å². The van der Waals surface area contributed by atoms with Gasteiger partial charge in [-0.15, -0.1) is 0 Å². The van der Waals surface area contributed by atoms with Crippen molar-refractivity contribution in [2.45, 2.75) is 40.0 Å². The van der Waals surface area contributed by atoms with Gasteiger partial charge in [0.25, 0.3) is 0 Å². The number of hydrogen-bond acceptors (Lipinski definition) is 3. The van der Waals surface area contributed by atoms with Gasteiger partial charge in [-0.05, 0) is 19.8 Å². The minimum atomic E-state index is -1.03. The van der Waals surface area contributed by atoms with Crippen LogP contribution in [0.4, 0.5) is 0 Å². The Hall–Kier alpha value is -1.59. The van der Waals surface area contributed by atoms with E-state index < -0.39 is 11.4 Å². The summed E-state index contributed by atoms with van der Waals surface area (Å²) in [6.07, 6.45) is 0.713. The monoisotopic (exact) mass is 272 g/mol. The van der Waals surface area contributed by atoms with Crippen molar-refractivity contribution in [2.75, 3.05) is 20.1 Å². The zero-order valence-corrected chi connectivity index (χ0v) is 12.2. The van der Waals surface area contributed by atoms with Gasteiger partial charge in [0, 0.05) is 20.0 Å². The first kappa shape index (κ1) is 17.4. The molecule has 0 aromatic carbocycles. The second-order valence-electron chi connectivity index (χ2n) is 4.55. The molecule has 0 heterocycles. The molecule has 110 valence electrons. The number of carbonyl (C=O) groups is 3. The Morgan fingerprint density at radius 3 is 2.00 bits per heavy atom. The molecule has 0 rings (SSSR count). The number of carbonyl (C=O) groups excluding carboxylic acids is 2. The highest BCUT2D eigenvalue weighted by atomic mass is 16.4. The molecule has 0 unspecified atom stereocenters. The molecule has 0 saturated heterocycles. The largest absolute Gasteiger partial charge is 0.481 e. The van der Waals surface area contributed by atoms with Gasteiger partial charge >= 0.3 is 5.97 Å². The molecule has 0 aliphatic rings. The van der Waals surface area contributed by atoms with Crippen LogP contribution in [0.3, 0.4) is 0 Å². The molecule has 19 heavy (non-hydrogen) atoms. The molecule has 2 amide bonds. The van der Waals surface area contributed by atoms with Gasteiger partial charge in [-0.25, -0.2) is 0 Å². The number of carboxylic acid groups (broad SMARTS) is 1. The van der Waals surface area contributed by atoms with E-state index in [2.05, 4.69) is 5.32 Å². The van der Waals surface area contributed by atoms with E-state index >= 15 is 0 Å². The Bertz CT molecular complexity index is 338. The standard InChI is InChI=1S/C13H24N2O4/c1-5-13(6-2,12(18)19)8-11(17)15(7-3)9-10(16)14-4/h5-9H2,1-4H3,(H,14,16)(H,18,19). The van der Waals surface area contributed by atoms with Gasteiger partial charge in [0.05, 0.1) is 12.0 Å². The SMILES string of the molecule is CCN(CC(=O)NC)C(=O)CC(CC)(CC)C(=O)O.